The van der Waals surface area contributed by atoms with Crippen molar-refractivity contribution in [2.45, 2.75) is 53.4 Å². The normalized spacial score (nSPS) is 11.6. The summed E-state index contributed by atoms with van der Waals surface area (Å²) in [5.41, 5.74) is 0. The fourth-order valence-corrected chi connectivity index (χ4v) is 1.53. The van der Waals surface area contributed by atoms with Gasteiger partial charge in [0.25, 0.3) is 0 Å². The van der Waals surface area contributed by atoms with E-state index in [4.69, 9.17) is 0 Å². The smallest absolute Gasteiger partial charge is 0.00465 e. The topological polar surface area (TPSA) is 24.1 Å². The van der Waals surface area contributed by atoms with Crippen molar-refractivity contribution in [3.05, 3.63) is 0 Å². The summed E-state index contributed by atoms with van der Waals surface area (Å²) >= 11 is 0. The van der Waals surface area contributed by atoms with E-state index in [1.54, 1.807) is 0 Å². The van der Waals surface area contributed by atoms with Crippen LogP contribution in [-0.4, -0.2) is 26.2 Å². The molecule has 0 aliphatic rings. The van der Waals surface area contributed by atoms with Gasteiger partial charge in [-0.25, -0.2) is 0 Å². The average molecular weight is 228 g/mol. The molecular formula is C14H32N2. The average Bonchev–Trinajstić information content (AvgIpc) is 2.20. The summed E-state index contributed by atoms with van der Waals surface area (Å²) in [6.07, 6.45) is 5.19. The van der Waals surface area contributed by atoms with Crippen LogP contribution in [0.15, 0.2) is 0 Å². The Morgan fingerprint density at radius 1 is 0.625 bits per heavy atom. The number of hydrogen-bond acceptors (Lipinski definition) is 2. The highest BCUT2D eigenvalue weighted by Crippen LogP contribution is 1.97. The van der Waals surface area contributed by atoms with Gasteiger partial charge < -0.3 is 10.6 Å². The van der Waals surface area contributed by atoms with Gasteiger partial charge in [-0.1, -0.05) is 27.7 Å². The van der Waals surface area contributed by atoms with Crippen molar-refractivity contribution in [2.24, 2.45) is 11.8 Å². The molecule has 0 atom stereocenters. The summed E-state index contributed by atoms with van der Waals surface area (Å²) in [4.78, 5) is 0. The van der Waals surface area contributed by atoms with Crippen LogP contribution in [0.5, 0.6) is 0 Å². The summed E-state index contributed by atoms with van der Waals surface area (Å²) in [5.74, 6) is 1.65. The third-order valence-corrected chi connectivity index (χ3v) is 2.75. The van der Waals surface area contributed by atoms with Gasteiger partial charge in [0, 0.05) is 0 Å². The van der Waals surface area contributed by atoms with Gasteiger partial charge in [0.1, 0.15) is 0 Å². The number of unbranched alkanes of at least 4 members (excludes halogenated alkanes) is 1. The molecule has 0 aromatic heterocycles. The van der Waals surface area contributed by atoms with Crippen molar-refractivity contribution in [3.8, 4) is 0 Å². The van der Waals surface area contributed by atoms with Gasteiger partial charge in [0.15, 0.2) is 0 Å². The summed E-state index contributed by atoms with van der Waals surface area (Å²) in [6, 6.07) is 0. The van der Waals surface area contributed by atoms with Crippen molar-refractivity contribution in [2.75, 3.05) is 26.2 Å². The molecule has 98 valence electrons. The third-order valence-electron chi connectivity index (χ3n) is 2.75. The Morgan fingerprint density at radius 3 is 1.31 bits per heavy atom. The van der Waals surface area contributed by atoms with Crippen LogP contribution in [0.4, 0.5) is 0 Å². The first-order valence-corrected chi connectivity index (χ1v) is 7.04. The molecule has 0 saturated carbocycles. The van der Waals surface area contributed by atoms with E-state index in [-0.39, 0.29) is 0 Å². The molecule has 2 nitrogen and oxygen atoms in total. The number of nitrogens with one attached hydrogen (secondary N) is 2. The van der Waals surface area contributed by atoms with Crippen molar-refractivity contribution >= 4 is 0 Å². The van der Waals surface area contributed by atoms with Gasteiger partial charge in [-0.15, -0.1) is 0 Å². The van der Waals surface area contributed by atoms with Crippen molar-refractivity contribution in [1.82, 2.24) is 10.6 Å². The summed E-state index contributed by atoms with van der Waals surface area (Å²) in [5, 5.41) is 7.00. The van der Waals surface area contributed by atoms with Gasteiger partial charge in [-0.2, -0.15) is 0 Å². The molecule has 16 heavy (non-hydrogen) atoms. The van der Waals surface area contributed by atoms with Gasteiger partial charge in [0.05, 0.1) is 0 Å². The van der Waals surface area contributed by atoms with Crippen LogP contribution in [0.2, 0.25) is 0 Å². The first-order valence-electron chi connectivity index (χ1n) is 7.04. The summed E-state index contributed by atoms with van der Waals surface area (Å²) in [7, 11) is 0. The molecule has 0 spiro atoms. The minimum Gasteiger partial charge on any atom is -0.317 e. The first kappa shape index (κ1) is 15.9. The predicted molar refractivity (Wildman–Crippen MR) is 73.9 cm³/mol. The maximum absolute atomic E-state index is 3.50. The lowest BCUT2D eigenvalue weighted by Crippen LogP contribution is -2.21. The first-order chi connectivity index (χ1) is 7.63. The Morgan fingerprint density at radius 2 is 1.00 bits per heavy atom. The Labute approximate surface area is 103 Å². The Bertz CT molecular complexity index is 117. The molecule has 0 unspecified atom stereocenters. The lowest BCUT2D eigenvalue weighted by atomic mass is 10.1. The Balaban J connectivity index is 2.93. The van der Waals surface area contributed by atoms with E-state index in [9.17, 15) is 0 Å². The predicted octanol–water partition coefficient (Wildman–Crippen LogP) is 3.04. The highest BCUT2D eigenvalue weighted by Gasteiger charge is 1.94. The molecule has 0 aliphatic carbocycles. The maximum atomic E-state index is 3.50. The number of hydrogen-bond donors (Lipinski definition) is 2. The van der Waals surface area contributed by atoms with Gasteiger partial charge in [0.2, 0.25) is 0 Å². The fraction of sp³-hybridized carbons (Fsp3) is 1.00. The Hall–Kier alpha value is -0.0800. The van der Waals surface area contributed by atoms with E-state index < -0.39 is 0 Å². The maximum Gasteiger partial charge on any atom is -0.00465 e. The summed E-state index contributed by atoms with van der Waals surface area (Å²) in [6.45, 7) is 13.8. The molecule has 0 heterocycles. The van der Waals surface area contributed by atoms with Crippen LogP contribution in [0.1, 0.15) is 53.4 Å². The van der Waals surface area contributed by atoms with Crippen molar-refractivity contribution in [1.29, 1.82) is 0 Å². The van der Waals surface area contributed by atoms with Crippen molar-refractivity contribution < 1.29 is 0 Å². The molecule has 0 fully saturated rings. The SMILES string of the molecule is CC(C)CCNCCCCNCCC(C)C. The molecule has 0 bridgehead atoms. The standard InChI is InChI=1S/C14H32N2/c1-13(2)7-11-15-9-5-6-10-16-12-8-14(3)4/h13-16H,5-12H2,1-4H3. The monoisotopic (exact) mass is 228 g/mol. The quantitative estimate of drug-likeness (QED) is 0.531. The molecule has 0 rings (SSSR count). The fourth-order valence-electron chi connectivity index (χ4n) is 1.53. The zero-order valence-corrected chi connectivity index (χ0v) is 11.8. The van der Waals surface area contributed by atoms with Gasteiger partial charge in [-0.3, -0.25) is 0 Å². The second kappa shape index (κ2) is 11.4. The molecule has 0 saturated heterocycles. The third kappa shape index (κ3) is 13.9. The zero-order valence-electron chi connectivity index (χ0n) is 11.8. The zero-order chi connectivity index (χ0) is 12.2. The van der Waals surface area contributed by atoms with Crippen molar-refractivity contribution in [3.63, 3.8) is 0 Å². The molecular weight excluding hydrogens is 196 g/mol. The molecule has 2 N–H and O–H groups in total. The van der Waals surface area contributed by atoms with Crippen LogP contribution in [0.25, 0.3) is 0 Å². The molecule has 0 aromatic carbocycles. The van der Waals surface area contributed by atoms with Crippen LogP contribution < -0.4 is 10.6 Å². The van der Waals surface area contributed by atoms with E-state index >= 15 is 0 Å². The molecule has 0 aromatic rings. The minimum absolute atomic E-state index is 0.824. The molecule has 0 amide bonds. The molecule has 0 aliphatic heterocycles. The van der Waals surface area contributed by atoms with Crippen LogP contribution in [0.3, 0.4) is 0 Å². The minimum atomic E-state index is 0.824. The van der Waals surface area contributed by atoms with Crippen LogP contribution >= 0.6 is 0 Å². The molecule has 2 heteroatoms. The van der Waals surface area contributed by atoms with E-state index in [0.29, 0.717) is 0 Å². The largest absolute Gasteiger partial charge is 0.317 e. The molecule has 0 radical (unpaired) electrons. The van der Waals surface area contributed by atoms with Gasteiger partial charge in [-0.05, 0) is 63.7 Å². The van der Waals surface area contributed by atoms with E-state index in [0.717, 1.165) is 11.8 Å². The lowest BCUT2D eigenvalue weighted by molar-refractivity contribution is 0.507. The van der Waals surface area contributed by atoms with Crippen LogP contribution in [0, 0.1) is 11.8 Å². The highest BCUT2D eigenvalue weighted by atomic mass is 14.9. The van der Waals surface area contributed by atoms with E-state index in [2.05, 4.69) is 38.3 Å². The van der Waals surface area contributed by atoms with Crippen LogP contribution in [-0.2, 0) is 0 Å². The number of rotatable bonds is 11. The van der Waals surface area contributed by atoms with E-state index in [1.807, 2.05) is 0 Å². The second-order valence-electron chi connectivity index (χ2n) is 5.57. The highest BCUT2D eigenvalue weighted by molar-refractivity contribution is 4.54. The Kier molecular flexibility index (Phi) is 11.3. The van der Waals surface area contributed by atoms with E-state index in [1.165, 1.54) is 51.9 Å². The van der Waals surface area contributed by atoms with Gasteiger partial charge >= 0.3 is 0 Å². The summed E-state index contributed by atoms with van der Waals surface area (Å²) < 4.78 is 0. The lowest BCUT2D eigenvalue weighted by Gasteiger charge is -2.08. The second-order valence-corrected chi connectivity index (χ2v) is 5.57.